The minimum Gasteiger partial charge on any atom is -0.467 e. The van der Waals surface area contributed by atoms with Crippen LogP contribution in [0.1, 0.15) is 53.0 Å². The number of likely N-dealkylation sites (tertiary alicyclic amines) is 1. The van der Waals surface area contributed by atoms with Gasteiger partial charge in [-0.25, -0.2) is 9.59 Å². The number of nitrogens with one attached hydrogen (secondary N) is 1. The molecule has 1 aromatic carbocycles. The summed E-state index contributed by atoms with van der Waals surface area (Å²) >= 11 is 0. The van der Waals surface area contributed by atoms with E-state index in [0.717, 1.165) is 5.56 Å². The maximum atomic E-state index is 13.7. The van der Waals surface area contributed by atoms with Crippen LogP contribution in [0.2, 0.25) is 0 Å². The van der Waals surface area contributed by atoms with Crippen molar-refractivity contribution in [2.24, 2.45) is 0 Å². The largest absolute Gasteiger partial charge is 0.467 e. The van der Waals surface area contributed by atoms with Crippen LogP contribution in [0.25, 0.3) is 0 Å². The van der Waals surface area contributed by atoms with Gasteiger partial charge >= 0.3 is 18.0 Å². The fraction of sp³-hybridized carbons (Fsp3) is 0.600. The minimum absolute atomic E-state index is 0.122. The van der Waals surface area contributed by atoms with E-state index in [2.05, 4.69) is 5.32 Å². The third-order valence-corrected chi connectivity index (χ3v) is 5.54. The van der Waals surface area contributed by atoms with Crippen LogP contribution in [0.4, 0.5) is 4.79 Å². The van der Waals surface area contributed by atoms with Gasteiger partial charge in [0.05, 0.1) is 20.3 Å². The first-order chi connectivity index (χ1) is 16.4. The number of methoxy groups -OCH3 is 1. The maximum Gasteiger partial charge on any atom is 0.411 e. The molecule has 10 heteroatoms. The van der Waals surface area contributed by atoms with Gasteiger partial charge in [-0.05, 0) is 46.1 Å². The highest BCUT2D eigenvalue weighted by molar-refractivity contribution is 5.94. The number of nitrogens with zero attached hydrogens (tertiary/aromatic N) is 1. The molecule has 1 fully saturated rings. The van der Waals surface area contributed by atoms with E-state index in [1.807, 2.05) is 30.3 Å². The van der Waals surface area contributed by atoms with Crippen molar-refractivity contribution < 1.29 is 38.1 Å². The topological polar surface area (TPSA) is 120 Å². The third-order valence-electron chi connectivity index (χ3n) is 5.54. The zero-order valence-corrected chi connectivity index (χ0v) is 21.3. The smallest absolute Gasteiger partial charge is 0.411 e. The first-order valence-electron chi connectivity index (χ1n) is 11.6. The quantitative estimate of drug-likeness (QED) is 0.413. The number of esters is 2. The third kappa shape index (κ3) is 7.68. The van der Waals surface area contributed by atoms with Crippen LogP contribution >= 0.6 is 0 Å². The fourth-order valence-electron chi connectivity index (χ4n) is 3.93. The Balaban J connectivity index is 2.33. The Hall–Kier alpha value is -3.14. The lowest BCUT2D eigenvalue weighted by Crippen LogP contribution is -2.64. The molecule has 2 rings (SSSR count). The molecule has 0 saturated carbocycles. The molecule has 10 nitrogen and oxygen atoms in total. The summed E-state index contributed by atoms with van der Waals surface area (Å²) in [7, 11) is 1.17. The molecule has 1 aromatic rings. The molecule has 3 atom stereocenters. The van der Waals surface area contributed by atoms with E-state index in [-0.39, 0.29) is 19.8 Å². The highest BCUT2D eigenvalue weighted by Gasteiger charge is 2.52. The number of rotatable bonds is 9. The van der Waals surface area contributed by atoms with Gasteiger partial charge in [-0.3, -0.25) is 14.5 Å². The van der Waals surface area contributed by atoms with E-state index in [9.17, 15) is 19.2 Å². The Morgan fingerprint density at radius 2 is 1.80 bits per heavy atom. The number of amides is 2. The van der Waals surface area contributed by atoms with Crippen molar-refractivity contribution in [3.63, 3.8) is 0 Å². The highest BCUT2D eigenvalue weighted by atomic mass is 16.6. The lowest BCUT2D eigenvalue weighted by atomic mass is 9.95. The first kappa shape index (κ1) is 28.1. The number of carbonyl (C=O) groups is 4. The number of hydrogen-bond acceptors (Lipinski definition) is 8. The van der Waals surface area contributed by atoms with Gasteiger partial charge in [0.2, 0.25) is 5.91 Å². The van der Waals surface area contributed by atoms with Crippen LogP contribution in [0.15, 0.2) is 30.3 Å². The van der Waals surface area contributed by atoms with Crippen molar-refractivity contribution in [1.29, 1.82) is 0 Å². The van der Waals surface area contributed by atoms with E-state index < -0.39 is 47.2 Å². The molecule has 0 spiro atoms. The number of benzene rings is 1. The summed E-state index contributed by atoms with van der Waals surface area (Å²) in [5, 5.41) is 2.63. The molecule has 0 aliphatic carbocycles. The standard InChI is InChI=1S/C25H36N2O8/c1-17(34-18(2)28)20(21(29)32-6)26-22(30)25(16-33-15-19-11-8-7-9-12-19)13-10-14-27(25)23(31)35-24(3,4)5/h7-9,11-12,17,20H,10,13-16H2,1-6H3,(H,26,30). The molecule has 0 radical (unpaired) electrons. The molecule has 1 aliphatic heterocycles. The van der Waals surface area contributed by atoms with Crippen molar-refractivity contribution >= 4 is 23.9 Å². The normalized spacial score (nSPS) is 19.4. The van der Waals surface area contributed by atoms with Gasteiger partial charge in [-0.2, -0.15) is 0 Å². The second-order valence-corrected chi connectivity index (χ2v) is 9.53. The highest BCUT2D eigenvalue weighted by Crippen LogP contribution is 2.32. The molecule has 1 saturated heterocycles. The molecule has 1 heterocycles. The van der Waals surface area contributed by atoms with Gasteiger partial charge in [0, 0.05) is 13.5 Å². The Morgan fingerprint density at radius 1 is 1.14 bits per heavy atom. The second kappa shape index (κ2) is 12.0. The molecule has 0 aromatic heterocycles. The SMILES string of the molecule is COC(=O)C(NC(=O)C1(COCc2ccccc2)CCCN1C(=O)OC(C)(C)C)C(C)OC(C)=O. The van der Waals surface area contributed by atoms with Crippen molar-refractivity contribution in [2.75, 3.05) is 20.3 Å². The molecule has 194 valence electrons. The predicted octanol–water partition coefficient (Wildman–Crippen LogP) is 2.58. The maximum absolute atomic E-state index is 13.7. The van der Waals surface area contributed by atoms with Gasteiger partial charge in [-0.15, -0.1) is 0 Å². The molecule has 35 heavy (non-hydrogen) atoms. The van der Waals surface area contributed by atoms with Crippen LogP contribution in [-0.2, 0) is 39.9 Å². The Kier molecular flexibility index (Phi) is 9.64. The van der Waals surface area contributed by atoms with E-state index in [1.165, 1.54) is 25.9 Å². The Labute approximate surface area is 206 Å². The molecular formula is C25H36N2O8. The summed E-state index contributed by atoms with van der Waals surface area (Å²) in [6.45, 7) is 8.27. The summed E-state index contributed by atoms with van der Waals surface area (Å²) in [5.74, 6) is -2.02. The molecule has 1 aliphatic rings. The van der Waals surface area contributed by atoms with Crippen LogP contribution in [0, 0.1) is 0 Å². The number of carbonyl (C=O) groups excluding carboxylic acids is 4. The Bertz CT molecular complexity index is 898. The van der Waals surface area contributed by atoms with Crippen LogP contribution in [-0.4, -0.2) is 72.4 Å². The van der Waals surface area contributed by atoms with Crippen LogP contribution in [0.3, 0.4) is 0 Å². The lowest BCUT2D eigenvalue weighted by Gasteiger charge is -2.38. The van der Waals surface area contributed by atoms with E-state index in [1.54, 1.807) is 20.8 Å². The summed E-state index contributed by atoms with van der Waals surface area (Å²) in [5.41, 5.74) is -1.30. The van der Waals surface area contributed by atoms with E-state index in [0.29, 0.717) is 12.8 Å². The van der Waals surface area contributed by atoms with Crippen molar-refractivity contribution in [1.82, 2.24) is 10.2 Å². The van der Waals surface area contributed by atoms with Gasteiger partial charge in [-0.1, -0.05) is 30.3 Å². The molecule has 3 unspecified atom stereocenters. The van der Waals surface area contributed by atoms with E-state index >= 15 is 0 Å². The fourth-order valence-corrected chi connectivity index (χ4v) is 3.93. The van der Waals surface area contributed by atoms with E-state index in [4.69, 9.17) is 18.9 Å². The zero-order chi connectivity index (χ0) is 26.2. The zero-order valence-electron chi connectivity index (χ0n) is 21.3. The van der Waals surface area contributed by atoms with Gasteiger partial charge in [0.25, 0.3) is 0 Å². The van der Waals surface area contributed by atoms with Crippen molar-refractivity contribution in [2.45, 2.75) is 77.4 Å². The minimum atomic E-state index is -1.43. The van der Waals surface area contributed by atoms with Gasteiger partial charge in [0.1, 0.15) is 17.2 Å². The summed E-state index contributed by atoms with van der Waals surface area (Å²) < 4.78 is 21.4. The van der Waals surface area contributed by atoms with Gasteiger partial charge < -0.3 is 24.3 Å². The molecular weight excluding hydrogens is 456 g/mol. The molecule has 1 N–H and O–H groups in total. The van der Waals surface area contributed by atoms with Crippen molar-refractivity contribution in [3.05, 3.63) is 35.9 Å². The summed E-state index contributed by atoms with van der Waals surface area (Å²) in [6, 6.07) is 8.14. The molecule has 0 bridgehead atoms. The number of hydrogen-bond donors (Lipinski definition) is 1. The lowest BCUT2D eigenvalue weighted by molar-refractivity contribution is -0.158. The molecule has 2 amide bonds. The summed E-state index contributed by atoms with van der Waals surface area (Å²) in [4.78, 5) is 52.0. The monoisotopic (exact) mass is 492 g/mol. The van der Waals surface area contributed by atoms with Crippen LogP contribution < -0.4 is 5.32 Å². The second-order valence-electron chi connectivity index (χ2n) is 9.53. The van der Waals surface area contributed by atoms with Crippen LogP contribution in [0.5, 0.6) is 0 Å². The average molecular weight is 493 g/mol. The average Bonchev–Trinajstić information content (AvgIpc) is 3.21. The first-order valence-corrected chi connectivity index (χ1v) is 11.6. The summed E-state index contributed by atoms with van der Waals surface area (Å²) in [6.07, 6.45) is -0.828. The predicted molar refractivity (Wildman–Crippen MR) is 126 cm³/mol. The number of ether oxygens (including phenoxy) is 4. The Morgan fingerprint density at radius 3 is 2.37 bits per heavy atom. The van der Waals surface area contributed by atoms with Gasteiger partial charge in [0.15, 0.2) is 6.04 Å². The van der Waals surface area contributed by atoms with Crippen molar-refractivity contribution in [3.8, 4) is 0 Å².